The SMILES string of the molecule is CCOC(=O)CNC(=O)[C@H](Cc1ccc(N(CCCl)CCCl)cc1)NC(=O)[C@@H](N)C(C)C. The molecule has 180 valence electrons. The Hall–Kier alpha value is -2.03. The summed E-state index contributed by atoms with van der Waals surface area (Å²) in [5.74, 6) is -0.603. The van der Waals surface area contributed by atoms with Crippen molar-refractivity contribution < 1.29 is 19.1 Å². The Morgan fingerprint density at radius 2 is 1.66 bits per heavy atom. The molecule has 0 spiro atoms. The number of carbonyl (C=O) groups is 3. The van der Waals surface area contributed by atoms with Crippen LogP contribution in [0.3, 0.4) is 0 Å². The Kier molecular flexibility index (Phi) is 13.1. The van der Waals surface area contributed by atoms with Gasteiger partial charge in [-0.15, -0.1) is 23.2 Å². The largest absolute Gasteiger partial charge is 0.465 e. The van der Waals surface area contributed by atoms with Crippen LogP contribution < -0.4 is 21.3 Å². The lowest BCUT2D eigenvalue weighted by Gasteiger charge is -2.24. The van der Waals surface area contributed by atoms with Gasteiger partial charge in [0.05, 0.1) is 12.6 Å². The van der Waals surface area contributed by atoms with E-state index in [0.29, 0.717) is 24.8 Å². The standard InChI is InChI=1S/C22H34Cl2N4O4/c1-4-32-19(29)14-26-21(30)18(27-22(31)20(25)15(2)3)13-16-5-7-17(8-6-16)28(11-9-23)12-10-24/h5-8,15,18,20H,4,9-14,25H2,1-3H3,(H,26,30)(H,27,31)/t18-,20-/m0/s1. The van der Waals surface area contributed by atoms with Crippen molar-refractivity contribution in [3.05, 3.63) is 29.8 Å². The van der Waals surface area contributed by atoms with Crippen LogP contribution >= 0.6 is 23.2 Å². The molecule has 0 aliphatic heterocycles. The highest BCUT2D eigenvalue weighted by Crippen LogP contribution is 2.17. The average molecular weight is 489 g/mol. The van der Waals surface area contributed by atoms with Gasteiger partial charge in [0.2, 0.25) is 11.8 Å². The van der Waals surface area contributed by atoms with Crippen molar-refractivity contribution in [2.24, 2.45) is 11.7 Å². The lowest BCUT2D eigenvalue weighted by molar-refractivity contribution is -0.143. The van der Waals surface area contributed by atoms with E-state index in [9.17, 15) is 14.4 Å². The smallest absolute Gasteiger partial charge is 0.325 e. The van der Waals surface area contributed by atoms with Crippen molar-refractivity contribution in [3.8, 4) is 0 Å². The van der Waals surface area contributed by atoms with E-state index in [1.165, 1.54) is 0 Å². The predicted molar refractivity (Wildman–Crippen MR) is 128 cm³/mol. The Balaban J connectivity index is 2.94. The van der Waals surface area contributed by atoms with E-state index in [1.54, 1.807) is 6.92 Å². The topological polar surface area (TPSA) is 114 Å². The van der Waals surface area contributed by atoms with Crippen molar-refractivity contribution in [1.29, 1.82) is 0 Å². The first-order valence-corrected chi connectivity index (χ1v) is 11.7. The summed E-state index contributed by atoms with van der Waals surface area (Å²) >= 11 is 11.7. The highest BCUT2D eigenvalue weighted by Gasteiger charge is 2.26. The van der Waals surface area contributed by atoms with Crippen molar-refractivity contribution >= 4 is 46.7 Å². The number of benzene rings is 1. The van der Waals surface area contributed by atoms with E-state index in [-0.39, 0.29) is 25.5 Å². The van der Waals surface area contributed by atoms with E-state index in [4.69, 9.17) is 33.7 Å². The summed E-state index contributed by atoms with van der Waals surface area (Å²) in [6, 6.07) is 5.95. The molecule has 8 nitrogen and oxygen atoms in total. The molecule has 1 aromatic rings. The summed E-state index contributed by atoms with van der Waals surface area (Å²) in [5, 5.41) is 5.22. The molecule has 1 aromatic carbocycles. The van der Waals surface area contributed by atoms with E-state index in [2.05, 4.69) is 15.5 Å². The fraction of sp³-hybridized carbons (Fsp3) is 0.591. The second-order valence-electron chi connectivity index (χ2n) is 7.59. The van der Waals surface area contributed by atoms with Gasteiger partial charge < -0.3 is 26.0 Å². The molecular weight excluding hydrogens is 455 g/mol. The van der Waals surface area contributed by atoms with Gasteiger partial charge in [0.15, 0.2) is 0 Å². The summed E-state index contributed by atoms with van der Waals surface area (Å²) < 4.78 is 4.83. The summed E-state index contributed by atoms with van der Waals surface area (Å²) in [4.78, 5) is 38.9. The molecule has 0 aliphatic carbocycles. The number of hydrogen-bond donors (Lipinski definition) is 3. The van der Waals surface area contributed by atoms with Crippen LogP contribution in [0.4, 0.5) is 5.69 Å². The number of halogens is 2. The highest BCUT2D eigenvalue weighted by atomic mass is 35.5. The first-order valence-electron chi connectivity index (χ1n) is 10.7. The molecule has 0 saturated carbocycles. The number of ether oxygens (including phenoxy) is 1. The zero-order chi connectivity index (χ0) is 24.1. The number of esters is 1. The molecule has 0 heterocycles. The number of anilines is 1. The van der Waals surface area contributed by atoms with Gasteiger partial charge in [-0.2, -0.15) is 0 Å². The molecule has 10 heteroatoms. The zero-order valence-corrected chi connectivity index (χ0v) is 20.4. The van der Waals surface area contributed by atoms with Gasteiger partial charge in [-0.05, 0) is 30.5 Å². The van der Waals surface area contributed by atoms with Crippen LogP contribution in [0.15, 0.2) is 24.3 Å². The molecule has 1 rings (SSSR count). The van der Waals surface area contributed by atoms with Crippen LogP contribution in [0.25, 0.3) is 0 Å². The maximum atomic E-state index is 12.7. The van der Waals surface area contributed by atoms with Crippen molar-refractivity contribution in [3.63, 3.8) is 0 Å². The van der Waals surface area contributed by atoms with Crippen LogP contribution in [0.1, 0.15) is 26.3 Å². The Bertz CT molecular complexity index is 725. The summed E-state index contributed by atoms with van der Waals surface area (Å²) in [6.45, 7) is 6.60. The first kappa shape index (κ1) is 28.0. The minimum absolute atomic E-state index is 0.0904. The third kappa shape index (κ3) is 9.63. The highest BCUT2D eigenvalue weighted by molar-refractivity contribution is 6.18. The molecular formula is C22H34Cl2N4O4. The van der Waals surface area contributed by atoms with Crippen LogP contribution in [-0.2, 0) is 25.5 Å². The Morgan fingerprint density at radius 1 is 1.06 bits per heavy atom. The minimum Gasteiger partial charge on any atom is -0.465 e. The molecule has 0 radical (unpaired) electrons. The third-order valence-electron chi connectivity index (χ3n) is 4.82. The molecule has 0 aliphatic rings. The zero-order valence-electron chi connectivity index (χ0n) is 18.9. The molecule has 0 saturated heterocycles. The van der Waals surface area contributed by atoms with Crippen molar-refractivity contribution in [1.82, 2.24) is 10.6 Å². The van der Waals surface area contributed by atoms with E-state index >= 15 is 0 Å². The number of rotatable bonds is 14. The van der Waals surface area contributed by atoms with Gasteiger partial charge in [-0.1, -0.05) is 26.0 Å². The number of nitrogens with two attached hydrogens (primary N) is 1. The van der Waals surface area contributed by atoms with Gasteiger partial charge in [-0.3, -0.25) is 14.4 Å². The van der Waals surface area contributed by atoms with E-state index in [0.717, 1.165) is 11.3 Å². The molecule has 0 aromatic heterocycles. The Labute approximate surface area is 200 Å². The quantitative estimate of drug-likeness (QED) is 0.271. The second kappa shape index (κ2) is 14.9. The molecule has 0 fully saturated rings. The van der Waals surface area contributed by atoms with Crippen molar-refractivity contribution in [2.75, 3.05) is 42.9 Å². The number of alkyl halides is 2. The number of amides is 2. The lowest BCUT2D eigenvalue weighted by Crippen LogP contribution is -2.54. The van der Waals surface area contributed by atoms with Crippen molar-refractivity contribution in [2.45, 2.75) is 39.3 Å². The number of hydrogen-bond acceptors (Lipinski definition) is 6. The van der Waals surface area contributed by atoms with E-state index in [1.807, 2.05) is 38.1 Å². The maximum Gasteiger partial charge on any atom is 0.325 e. The monoisotopic (exact) mass is 488 g/mol. The van der Waals surface area contributed by atoms with E-state index < -0.39 is 29.9 Å². The van der Waals surface area contributed by atoms with Crippen LogP contribution in [0.5, 0.6) is 0 Å². The summed E-state index contributed by atoms with van der Waals surface area (Å²) in [7, 11) is 0. The van der Waals surface area contributed by atoms with Crippen LogP contribution in [-0.4, -0.2) is 67.9 Å². The number of nitrogens with zero attached hydrogens (tertiary/aromatic N) is 1. The minimum atomic E-state index is -0.894. The number of carbonyl (C=O) groups excluding carboxylic acids is 3. The molecule has 2 amide bonds. The van der Waals surface area contributed by atoms with Gasteiger partial charge in [0, 0.05) is 37.0 Å². The van der Waals surface area contributed by atoms with Gasteiger partial charge >= 0.3 is 5.97 Å². The molecule has 0 unspecified atom stereocenters. The number of nitrogens with one attached hydrogen (secondary N) is 2. The summed E-state index contributed by atoms with van der Waals surface area (Å²) in [5.41, 5.74) is 7.72. The van der Waals surface area contributed by atoms with Gasteiger partial charge in [0.25, 0.3) is 0 Å². The molecule has 2 atom stereocenters. The fourth-order valence-corrected chi connectivity index (χ4v) is 3.34. The Morgan fingerprint density at radius 3 is 2.16 bits per heavy atom. The van der Waals surface area contributed by atoms with Crippen LogP contribution in [0.2, 0.25) is 0 Å². The maximum absolute atomic E-state index is 12.7. The second-order valence-corrected chi connectivity index (χ2v) is 8.35. The predicted octanol–water partition coefficient (Wildman–Crippen LogP) is 1.66. The first-order chi connectivity index (χ1) is 15.2. The van der Waals surface area contributed by atoms with Crippen LogP contribution in [0, 0.1) is 5.92 Å². The summed E-state index contributed by atoms with van der Waals surface area (Å²) in [6.07, 6.45) is 0.233. The normalized spacial score (nSPS) is 12.7. The molecule has 32 heavy (non-hydrogen) atoms. The fourth-order valence-electron chi connectivity index (χ4n) is 2.93. The van der Waals surface area contributed by atoms with Gasteiger partial charge in [-0.25, -0.2) is 0 Å². The van der Waals surface area contributed by atoms with Gasteiger partial charge in [0.1, 0.15) is 12.6 Å². The third-order valence-corrected chi connectivity index (χ3v) is 5.15. The average Bonchev–Trinajstić information content (AvgIpc) is 2.76. The molecule has 0 bridgehead atoms. The molecule has 4 N–H and O–H groups in total. The lowest BCUT2D eigenvalue weighted by atomic mass is 10.0.